The van der Waals surface area contributed by atoms with Gasteiger partial charge in [0.25, 0.3) is 0 Å². The van der Waals surface area contributed by atoms with Crippen LogP contribution in [0.1, 0.15) is 25.3 Å². The number of hydrogen-bond donors (Lipinski definition) is 1. The molecule has 0 radical (unpaired) electrons. The van der Waals surface area contributed by atoms with Crippen molar-refractivity contribution in [3.05, 3.63) is 29.8 Å². The highest BCUT2D eigenvalue weighted by atomic mass is 35.5. The fraction of sp³-hybridized carbons (Fsp3) is 0.333. The molecule has 0 bridgehead atoms. The van der Waals surface area contributed by atoms with Crippen molar-refractivity contribution < 1.29 is 17.5 Å². The van der Waals surface area contributed by atoms with Gasteiger partial charge in [-0.15, -0.1) is 0 Å². The second-order valence-corrected chi connectivity index (χ2v) is 2.71. The highest BCUT2D eigenvalue weighted by Gasteiger charge is 2.01. The molecule has 11 heavy (non-hydrogen) atoms. The predicted octanol–water partition coefficient (Wildman–Crippen LogP) is -0.480. The molecule has 1 N–H and O–H groups in total. The molecule has 0 fully saturated rings. The maximum Gasteiger partial charge on any atom is 0.119 e. The molecule has 1 nitrogen and oxygen atoms in total. The SMILES string of the molecule is CC(C)c1ccccc1O.[Cl-]. The number of hydrogen-bond acceptors (Lipinski definition) is 1. The highest BCUT2D eigenvalue weighted by molar-refractivity contribution is 5.33. The van der Waals surface area contributed by atoms with E-state index in [9.17, 15) is 5.11 Å². The van der Waals surface area contributed by atoms with Gasteiger partial charge in [-0.25, -0.2) is 0 Å². The molecule has 0 aromatic heterocycles. The summed E-state index contributed by atoms with van der Waals surface area (Å²) < 4.78 is 0. The molecule has 0 atom stereocenters. The summed E-state index contributed by atoms with van der Waals surface area (Å²) in [6.45, 7) is 4.13. The Kier molecular flexibility index (Phi) is 3.98. The van der Waals surface area contributed by atoms with Crippen molar-refractivity contribution in [1.82, 2.24) is 0 Å². The van der Waals surface area contributed by atoms with Gasteiger partial charge in [0.1, 0.15) is 5.75 Å². The van der Waals surface area contributed by atoms with Crippen LogP contribution in [0.15, 0.2) is 24.3 Å². The van der Waals surface area contributed by atoms with Crippen LogP contribution in [0.3, 0.4) is 0 Å². The minimum absolute atomic E-state index is 0. The number of para-hydroxylation sites is 1. The third-order valence-corrected chi connectivity index (χ3v) is 1.56. The Morgan fingerprint density at radius 2 is 1.73 bits per heavy atom. The van der Waals surface area contributed by atoms with E-state index in [0.29, 0.717) is 11.7 Å². The Hall–Kier alpha value is -0.690. The minimum atomic E-state index is 0. The number of halogens is 1. The Balaban J connectivity index is 0.000001000. The van der Waals surface area contributed by atoms with E-state index < -0.39 is 0 Å². The van der Waals surface area contributed by atoms with E-state index in [0.717, 1.165) is 5.56 Å². The average molecular weight is 172 g/mol. The molecule has 0 amide bonds. The first-order valence-corrected chi connectivity index (χ1v) is 3.49. The van der Waals surface area contributed by atoms with Crippen LogP contribution in [0.25, 0.3) is 0 Å². The molecule has 0 unspecified atom stereocenters. The smallest absolute Gasteiger partial charge is 0.119 e. The van der Waals surface area contributed by atoms with E-state index in [1.165, 1.54) is 0 Å². The molecule has 2 heteroatoms. The van der Waals surface area contributed by atoms with E-state index in [-0.39, 0.29) is 12.4 Å². The molecule has 1 rings (SSSR count). The third-order valence-electron chi connectivity index (χ3n) is 1.56. The second kappa shape index (κ2) is 4.24. The van der Waals surface area contributed by atoms with Crippen LogP contribution in [-0.2, 0) is 0 Å². The lowest BCUT2D eigenvalue weighted by atomic mass is 10.0. The Morgan fingerprint density at radius 1 is 1.18 bits per heavy atom. The van der Waals surface area contributed by atoms with E-state index in [1.54, 1.807) is 6.07 Å². The van der Waals surface area contributed by atoms with Gasteiger partial charge in [0, 0.05) is 0 Å². The Labute approximate surface area is 73.5 Å². The van der Waals surface area contributed by atoms with Crippen molar-refractivity contribution in [2.24, 2.45) is 0 Å². The lowest BCUT2D eigenvalue weighted by molar-refractivity contribution is -0.00000326. The second-order valence-electron chi connectivity index (χ2n) is 2.71. The monoisotopic (exact) mass is 171 g/mol. The van der Waals surface area contributed by atoms with E-state index in [2.05, 4.69) is 13.8 Å². The first-order valence-electron chi connectivity index (χ1n) is 3.49. The normalized spacial score (nSPS) is 9.36. The largest absolute Gasteiger partial charge is 1.00 e. The predicted molar refractivity (Wildman–Crippen MR) is 42.2 cm³/mol. The van der Waals surface area contributed by atoms with Gasteiger partial charge in [-0.2, -0.15) is 0 Å². The van der Waals surface area contributed by atoms with Crippen molar-refractivity contribution in [2.75, 3.05) is 0 Å². The molecule has 1 aromatic carbocycles. The molecule has 0 aliphatic carbocycles. The minimum Gasteiger partial charge on any atom is -1.00 e. The van der Waals surface area contributed by atoms with Crippen molar-refractivity contribution in [3.63, 3.8) is 0 Å². The van der Waals surface area contributed by atoms with Gasteiger partial charge in [0.15, 0.2) is 0 Å². The molecule has 62 valence electrons. The van der Waals surface area contributed by atoms with Gasteiger partial charge in [-0.3, -0.25) is 0 Å². The summed E-state index contributed by atoms with van der Waals surface area (Å²) in [5, 5.41) is 9.28. The lowest BCUT2D eigenvalue weighted by Crippen LogP contribution is -3.00. The van der Waals surface area contributed by atoms with Crippen molar-refractivity contribution in [2.45, 2.75) is 19.8 Å². The first-order chi connectivity index (χ1) is 4.72. The standard InChI is InChI=1S/C9H12O.ClH/c1-7(2)8-5-3-4-6-9(8)10;/h3-7,10H,1-2H3;1H/p-1. The molecule has 0 heterocycles. The van der Waals surface area contributed by atoms with E-state index >= 15 is 0 Å². The molecule has 0 aliphatic rings. The molecule has 0 aliphatic heterocycles. The Bertz CT molecular complexity index is 221. The van der Waals surface area contributed by atoms with Gasteiger partial charge in [-0.05, 0) is 17.5 Å². The van der Waals surface area contributed by atoms with Crippen LogP contribution < -0.4 is 12.4 Å². The van der Waals surface area contributed by atoms with Crippen LogP contribution in [0, 0.1) is 0 Å². The van der Waals surface area contributed by atoms with Gasteiger partial charge in [0.05, 0.1) is 0 Å². The Morgan fingerprint density at radius 3 is 2.09 bits per heavy atom. The van der Waals surface area contributed by atoms with E-state index in [1.807, 2.05) is 18.2 Å². The topological polar surface area (TPSA) is 20.2 Å². The van der Waals surface area contributed by atoms with Crippen molar-refractivity contribution in [1.29, 1.82) is 0 Å². The maximum absolute atomic E-state index is 9.28. The summed E-state index contributed by atoms with van der Waals surface area (Å²) in [6, 6.07) is 7.44. The summed E-state index contributed by atoms with van der Waals surface area (Å²) >= 11 is 0. The quantitative estimate of drug-likeness (QED) is 0.606. The zero-order valence-corrected chi connectivity index (χ0v) is 7.47. The molecule has 0 saturated heterocycles. The van der Waals surface area contributed by atoms with Gasteiger partial charge in [0.2, 0.25) is 0 Å². The fourth-order valence-electron chi connectivity index (χ4n) is 0.976. The summed E-state index contributed by atoms with van der Waals surface area (Å²) in [5.74, 6) is 0.804. The number of phenolic OH excluding ortho intramolecular Hbond substituents is 1. The first kappa shape index (κ1) is 10.3. The number of rotatable bonds is 1. The van der Waals surface area contributed by atoms with E-state index in [4.69, 9.17) is 0 Å². The van der Waals surface area contributed by atoms with Crippen molar-refractivity contribution >= 4 is 0 Å². The molecular formula is C9H12ClO-. The maximum atomic E-state index is 9.28. The molecule has 0 spiro atoms. The van der Waals surface area contributed by atoms with Crippen LogP contribution in [0.2, 0.25) is 0 Å². The zero-order chi connectivity index (χ0) is 7.56. The molecule has 1 aromatic rings. The van der Waals surface area contributed by atoms with Gasteiger partial charge in [-0.1, -0.05) is 32.0 Å². The van der Waals surface area contributed by atoms with Crippen molar-refractivity contribution in [3.8, 4) is 5.75 Å². The summed E-state index contributed by atoms with van der Waals surface area (Å²) in [6.07, 6.45) is 0. The lowest BCUT2D eigenvalue weighted by Gasteiger charge is -2.05. The van der Waals surface area contributed by atoms with Crippen LogP contribution in [0.5, 0.6) is 5.75 Å². The highest BCUT2D eigenvalue weighted by Crippen LogP contribution is 2.23. The summed E-state index contributed by atoms with van der Waals surface area (Å²) in [7, 11) is 0. The summed E-state index contributed by atoms with van der Waals surface area (Å²) in [4.78, 5) is 0. The third kappa shape index (κ3) is 2.43. The number of phenols is 1. The molecular weight excluding hydrogens is 160 g/mol. The van der Waals surface area contributed by atoms with Gasteiger partial charge < -0.3 is 17.5 Å². The summed E-state index contributed by atoms with van der Waals surface area (Å²) in [5.41, 5.74) is 1.02. The number of aromatic hydroxyl groups is 1. The van der Waals surface area contributed by atoms with Crippen LogP contribution >= 0.6 is 0 Å². The zero-order valence-electron chi connectivity index (χ0n) is 6.71. The molecule has 0 saturated carbocycles. The van der Waals surface area contributed by atoms with Crippen LogP contribution in [-0.4, -0.2) is 5.11 Å². The average Bonchev–Trinajstić information content (AvgIpc) is 1.88. The fourth-order valence-corrected chi connectivity index (χ4v) is 0.976. The van der Waals surface area contributed by atoms with Gasteiger partial charge >= 0.3 is 0 Å². The van der Waals surface area contributed by atoms with Crippen LogP contribution in [0.4, 0.5) is 0 Å². The number of benzene rings is 1.